The molecule has 0 spiro atoms. The van der Waals surface area contributed by atoms with E-state index in [9.17, 15) is 0 Å². The van der Waals surface area contributed by atoms with Gasteiger partial charge < -0.3 is 5.32 Å². The summed E-state index contributed by atoms with van der Waals surface area (Å²) in [6.45, 7) is 4.55. The number of piperidine rings is 1. The molecule has 0 amide bonds. The van der Waals surface area contributed by atoms with Gasteiger partial charge in [-0.1, -0.05) is 24.9 Å². The smallest absolute Gasteiger partial charge is 0.107 e. The molecular formula is C11H15BrClNS. The summed E-state index contributed by atoms with van der Waals surface area (Å²) in [5, 5.41) is 3.47. The molecule has 2 atom stereocenters. The zero-order chi connectivity index (χ0) is 10.8. The van der Waals surface area contributed by atoms with Gasteiger partial charge in [0.15, 0.2) is 0 Å². The largest absolute Gasteiger partial charge is 0.316 e. The average molecular weight is 309 g/mol. The van der Waals surface area contributed by atoms with Crippen molar-refractivity contribution in [2.75, 3.05) is 13.1 Å². The highest BCUT2D eigenvalue weighted by Crippen LogP contribution is 2.41. The highest BCUT2D eigenvalue weighted by Gasteiger charge is 2.26. The first-order chi connectivity index (χ1) is 7.22. The van der Waals surface area contributed by atoms with Crippen molar-refractivity contribution in [1.29, 1.82) is 0 Å². The van der Waals surface area contributed by atoms with Crippen molar-refractivity contribution in [3.05, 3.63) is 19.8 Å². The zero-order valence-corrected chi connectivity index (χ0v) is 11.9. The van der Waals surface area contributed by atoms with Crippen LogP contribution in [0.1, 0.15) is 30.6 Å². The Bertz CT molecular complexity index is 320. The van der Waals surface area contributed by atoms with E-state index in [0.717, 1.165) is 27.8 Å². The van der Waals surface area contributed by atoms with Crippen LogP contribution in [0.5, 0.6) is 0 Å². The molecule has 15 heavy (non-hydrogen) atoms. The lowest BCUT2D eigenvalue weighted by atomic mass is 9.84. The van der Waals surface area contributed by atoms with E-state index in [-0.39, 0.29) is 0 Å². The quantitative estimate of drug-likeness (QED) is 0.860. The maximum absolute atomic E-state index is 6.10. The standard InChI is InChI=1S/C11H15BrClNS/c1-2-7-6-14-4-3-8(7)10-5-9(12)11(13)15-10/h5,7-8,14H,2-4,6H2,1H3. The van der Waals surface area contributed by atoms with Crippen LogP contribution in [-0.2, 0) is 0 Å². The molecule has 1 nitrogen and oxygen atoms in total. The molecule has 2 rings (SSSR count). The molecule has 1 aromatic heterocycles. The lowest BCUT2D eigenvalue weighted by Crippen LogP contribution is -2.34. The first kappa shape index (κ1) is 11.9. The van der Waals surface area contributed by atoms with Crippen molar-refractivity contribution in [1.82, 2.24) is 5.32 Å². The maximum Gasteiger partial charge on any atom is 0.107 e. The number of nitrogens with one attached hydrogen (secondary N) is 1. The molecule has 84 valence electrons. The third-order valence-corrected chi connectivity index (χ3v) is 5.77. The maximum atomic E-state index is 6.10. The summed E-state index contributed by atoms with van der Waals surface area (Å²) in [5.74, 6) is 1.46. The van der Waals surface area contributed by atoms with Gasteiger partial charge in [0.05, 0.1) is 0 Å². The Morgan fingerprint density at radius 1 is 1.67 bits per heavy atom. The summed E-state index contributed by atoms with van der Waals surface area (Å²) in [7, 11) is 0. The topological polar surface area (TPSA) is 12.0 Å². The van der Waals surface area contributed by atoms with Gasteiger partial charge in [0, 0.05) is 9.35 Å². The van der Waals surface area contributed by atoms with E-state index in [2.05, 4.69) is 34.2 Å². The van der Waals surface area contributed by atoms with Gasteiger partial charge in [0.2, 0.25) is 0 Å². The third-order valence-electron chi connectivity index (χ3n) is 3.16. The fourth-order valence-electron chi connectivity index (χ4n) is 2.27. The molecule has 2 heterocycles. The van der Waals surface area contributed by atoms with Crippen LogP contribution in [0, 0.1) is 5.92 Å². The van der Waals surface area contributed by atoms with Crippen LogP contribution in [0.3, 0.4) is 0 Å². The third kappa shape index (κ3) is 2.57. The van der Waals surface area contributed by atoms with Crippen molar-refractivity contribution in [2.45, 2.75) is 25.7 Å². The average Bonchev–Trinajstić information content (AvgIpc) is 2.59. The molecule has 1 N–H and O–H groups in total. The van der Waals surface area contributed by atoms with E-state index >= 15 is 0 Å². The molecule has 1 aromatic rings. The van der Waals surface area contributed by atoms with E-state index in [1.165, 1.54) is 17.7 Å². The van der Waals surface area contributed by atoms with Crippen molar-refractivity contribution in [2.24, 2.45) is 5.92 Å². The molecule has 1 saturated heterocycles. The Labute approximate surface area is 108 Å². The molecule has 0 aliphatic carbocycles. The van der Waals surface area contributed by atoms with Crippen LogP contribution in [0.25, 0.3) is 0 Å². The van der Waals surface area contributed by atoms with Gasteiger partial charge in [-0.25, -0.2) is 0 Å². The number of thiophene rings is 1. The molecule has 1 aliphatic heterocycles. The van der Waals surface area contributed by atoms with Crippen molar-refractivity contribution >= 4 is 38.9 Å². The van der Waals surface area contributed by atoms with Gasteiger partial charge in [-0.3, -0.25) is 0 Å². The Kier molecular flexibility index (Phi) is 4.10. The SMILES string of the molecule is CCC1CNCCC1c1cc(Br)c(Cl)s1. The second kappa shape index (κ2) is 5.17. The molecule has 4 heteroatoms. The molecule has 2 unspecified atom stereocenters. The van der Waals surface area contributed by atoms with Crippen molar-refractivity contribution < 1.29 is 0 Å². The van der Waals surface area contributed by atoms with Gasteiger partial charge in [-0.2, -0.15) is 0 Å². The lowest BCUT2D eigenvalue weighted by Gasteiger charge is -2.30. The fourth-order valence-corrected chi connectivity index (χ4v) is 4.24. The van der Waals surface area contributed by atoms with Gasteiger partial charge in [-0.05, 0) is 53.3 Å². The second-order valence-electron chi connectivity index (χ2n) is 4.04. The fraction of sp³-hybridized carbons (Fsp3) is 0.636. The summed E-state index contributed by atoms with van der Waals surface area (Å²) in [4.78, 5) is 1.44. The first-order valence-electron chi connectivity index (χ1n) is 5.37. The highest BCUT2D eigenvalue weighted by atomic mass is 79.9. The van der Waals surface area contributed by atoms with Crippen molar-refractivity contribution in [3.63, 3.8) is 0 Å². The van der Waals surface area contributed by atoms with Gasteiger partial charge in [0.1, 0.15) is 4.34 Å². The van der Waals surface area contributed by atoms with E-state index in [1.807, 2.05) is 0 Å². The first-order valence-corrected chi connectivity index (χ1v) is 7.36. The van der Waals surface area contributed by atoms with Crippen LogP contribution in [0.15, 0.2) is 10.5 Å². The van der Waals surface area contributed by atoms with E-state index < -0.39 is 0 Å². The minimum atomic E-state index is 0.699. The number of hydrogen-bond donors (Lipinski definition) is 1. The molecule has 0 saturated carbocycles. The Balaban J connectivity index is 2.20. The zero-order valence-electron chi connectivity index (χ0n) is 8.72. The summed E-state index contributed by atoms with van der Waals surface area (Å²) >= 11 is 11.3. The van der Waals surface area contributed by atoms with E-state index in [0.29, 0.717) is 5.92 Å². The van der Waals surface area contributed by atoms with Gasteiger partial charge in [-0.15, -0.1) is 11.3 Å². The monoisotopic (exact) mass is 307 g/mol. The molecule has 0 radical (unpaired) electrons. The Hall–Kier alpha value is 0.430. The summed E-state index contributed by atoms with van der Waals surface area (Å²) in [5.41, 5.74) is 0. The molecular weight excluding hydrogens is 294 g/mol. The van der Waals surface area contributed by atoms with Crippen LogP contribution >= 0.6 is 38.9 Å². The number of halogens is 2. The Morgan fingerprint density at radius 3 is 3.07 bits per heavy atom. The van der Waals surface area contributed by atoms with E-state index in [1.54, 1.807) is 11.3 Å². The van der Waals surface area contributed by atoms with Crippen LogP contribution in [0.4, 0.5) is 0 Å². The van der Waals surface area contributed by atoms with Crippen LogP contribution in [-0.4, -0.2) is 13.1 Å². The predicted molar refractivity (Wildman–Crippen MR) is 71.0 cm³/mol. The van der Waals surface area contributed by atoms with Gasteiger partial charge in [0.25, 0.3) is 0 Å². The summed E-state index contributed by atoms with van der Waals surface area (Å²) in [6, 6.07) is 2.20. The predicted octanol–water partition coefficient (Wildman–Crippen LogP) is 4.27. The van der Waals surface area contributed by atoms with Crippen molar-refractivity contribution in [3.8, 4) is 0 Å². The lowest BCUT2D eigenvalue weighted by molar-refractivity contribution is 0.321. The molecule has 0 bridgehead atoms. The second-order valence-corrected chi connectivity index (χ2v) is 6.58. The van der Waals surface area contributed by atoms with Crippen LogP contribution in [0.2, 0.25) is 4.34 Å². The van der Waals surface area contributed by atoms with Gasteiger partial charge >= 0.3 is 0 Å². The van der Waals surface area contributed by atoms with E-state index in [4.69, 9.17) is 11.6 Å². The molecule has 0 aromatic carbocycles. The number of rotatable bonds is 2. The Morgan fingerprint density at radius 2 is 2.47 bits per heavy atom. The number of hydrogen-bond acceptors (Lipinski definition) is 2. The minimum Gasteiger partial charge on any atom is -0.316 e. The summed E-state index contributed by atoms with van der Waals surface area (Å²) < 4.78 is 1.94. The highest BCUT2D eigenvalue weighted by molar-refractivity contribution is 9.10. The minimum absolute atomic E-state index is 0.699. The molecule has 1 aliphatic rings. The molecule has 1 fully saturated rings. The normalized spacial score (nSPS) is 26.9. The summed E-state index contributed by atoms with van der Waals surface area (Å²) in [6.07, 6.45) is 2.48. The van der Waals surface area contributed by atoms with Crippen LogP contribution < -0.4 is 5.32 Å².